The quantitative estimate of drug-likeness (QED) is 0.492. The maximum absolute atomic E-state index is 13.9. The van der Waals surface area contributed by atoms with Gasteiger partial charge in [0.1, 0.15) is 5.75 Å². The molecule has 0 saturated carbocycles. The number of fused-ring (bicyclic) bond motifs is 1. The Bertz CT molecular complexity index is 1190. The zero-order valence-electron chi connectivity index (χ0n) is 20.4. The molecule has 1 saturated heterocycles. The summed E-state index contributed by atoms with van der Waals surface area (Å²) in [5, 5.41) is 5.09. The SMILES string of the molecule is COc1cccc(NC(=O)C2c3ccccc3C(=O)N(CCCN3CCOCC3)C2c2cccs2)c1. The van der Waals surface area contributed by atoms with Crippen LogP contribution in [-0.4, -0.2) is 68.1 Å². The Morgan fingerprint density at radius 3 is 2.69 bits per heavy atom. The molecule has 0 spiro atoms. The average molecular weight is 506 g/mol. The van der Waals surface area contributed by atoms with E-state index in [-0.39, 0.29) is 17.9 Å². The van der Waals surface area contributed by atoms with Crippen molar-refractivity contribution < 1.29 is 19.1 Å². The van der Waals surface area contributed by atoms with Crippen LogP contribution in [0.25, 0.3) is 0 Å². The summed E-state index contributed by atoms with van der Waals surface area (Å²) in [6.45, 7) is 4.80. The van der Waals surface area contributed by atoms with Crippen LogP contribution in [0.15, 0.2) is 66.0 Å². The van der Waals surface area contributed by atoms with E-state index in [1.807, 2.05) is 64.9 Å². The Hall–Kier alpha value is -3.20. The molecular weight excluding hydrogens is 474 g/mol. The van der Waals surface area contributed by atoms with Crippen LogP contribution in [0.1, 0.15) is 39.2 Å². The Labute approximate surface area is 215 Å². The Kier molecular flexibility index (Phi) is 7.65. The summed E-state index contributed by atoms with van der Waals surface area (Å²) in [4.78, 5) is 33.0. The van der Waals surface area contributed by atoms with Gasteiger partial charge in [0.15, 0.2) is 0 Å². The van der Waals surface area contributed by atoms with Gasteiger partial charge in [0, 0.05) is 48.4 Å². The van der Waals surface area contributed by atoms with Crippen molar-refractivity contribution in [1.29, 1.82) is 0 Å². The predicted octanol–water partition coefficient (Wildman–Crippen LogP) is 4.40. The van der Waals surface area contributed by atoms with Gasteiger partial charge in [0.25, 0.3) is 5.91 Å². The normalized spacial score (nSPS) is 20.1. The summed E-state index contributed by atoms with van der Waals surface area (Å²) >= 11 is 1.58. The van der Waals surface area contributed by atoms with E-state index in [1.54, 1.807) is 24.5 Å². The molecule has 0 radical (unpaired) electrons. The predicted molar refractivity (Wildman–Crippen MR) is 141 cm³/mol. The number of methoxy groups -OCH3 is 1. The highest BCUT2D eigenvalue weighted by atomic mass is 32.1. The summed E-state index contributed by atoms with van der Waals surface area (Å²) in [6, 6.07) is 18.5. The lowest BCUT2D eigenvalue weighted by Crippen LogP contribution is -2.47. The lowest BCUT2D eigenvalue weighted by Gasteiger charge is -2.41. The summed E-state index contributed by atoms with van der Waals surface area (Å²) in [5.74, 6) is -0.0186. The average Bonchev–Trinajstić information content (AvgIpc) is 3.45. The molecule has 0 bridgehead atoms. The molecule has 7 nitrogen and oxygen atoms in total. The van der Waals surface area contributed by atoms with E-state index in [0.717, 1.165) is 49.7 Å². The smallest absolute Gasteiger partial charge is 0.254 e. The second kappa shape index (κ2) is 11.2. The van der Waals surface area contributed by atoms with E-state index in [2.05, 4.69) is 10.2 Å². The van der Waals surface area contributed by atoms with Gasteiger partial charge in [-0.3, -0.25) is 14.5 Å². The molecule has 8 heteroatoms. The van der Waals surface area contributed by atoms with Crippen molar-refractivity contribution in [3.05, 3.63) is 82.0 Å². The fraction of sp³-hybridized carbons (Fsp3) is 0.357. The van der Waals surface area contributed by atoms with Crippen molar-refractivity contribution in [2.24, 2.45) is 0 Å². The standard InChI is InChI=1S/C28H31N3O4S/c1-34-21-8-4-7-20(19-21)29-27(32)25-22-9-2-3-10-23(22)28(33)31(26(25)24-11-5-18-36-24)13-6-12-30-14-16-35-17-15-30/h2-5,7-11,18-19,25-26H,6,12-17H2,1H3,(H,29,32). The first kappa shape index (κ1) is 24.5. The first-order valence-electron chi connectivity index (χ1n) is 12.3. The number of hydrogen-bond acceptors (Lipinski definition) is 6. The van der Waals surface area contributed by atoms with E-state index in [4.69, 9.17) is 9.47 Å². The lowest BCUT2D eigenvalue weighted by molar-refractivity contribution is -0.119. The molecule has 2 aliphatic heterocycles. The second-order valence-corrected chi connectivity index (χ2v) is 10.0. The van der Waals surface area contributed by atoms with Gasteiger partial charge in [-0.2, -0.15) is 0 Å². The molecule has 2 unspecified atom stereocenters. The first-order chi connectivity index (χ1) is 17.7. The maximum atomic E-state index is 13.9. The van der Waals surface area contributed by atoms with Crippen molar-refractivity contribution in [3.63, 3.8) is 0 Å². The summed E-state index contributed by atoms with van der Waals surface area (Å²) in [5.41, 5.74) is 2.03. The molecule has 2 aromatic carbocycles. The molecule has 1 fully saturated rings. The number of nitrogens with one attached hydrogen (secondary N) is 1. The number of thiophene rings is 1. The van der Waals surface area contributed by atoms with Crippen LogP contribution in [0.3, 0.4) is 0 Å². The number of benzene rings is 2. The number of rotatable bonds is 8. The van der Waals surface area contributed by atoms with Gasteiger partial charge < -0.3 is 19.7 Å². The monoisotopic (exact) mass is 505 g/mol. The van der Waals surface area contributed by atoms with Crippen molar-refractivity contribution in [1.82, 2.24) is 9.80 Å². The minimum Gasteiger partial charge on any atom is -0.497 e. The fourth-order valence-electron chi connectivity index (χ4n) is 5.11. The third kappa shape index (κ3) is 5.16. The van der Waals surface area contributed by atoms with Crippen molar-refractivity contribution in [2.75, 3.05) is 51.8 Å². The molecule has 2 atom stereocenters. The summed E-state index contributed by atoms with van der Waals surface area (Å²) in [6.07, 6.45) is 0.833. The van der Waals surface area contributed by atoms with Crippen LogP contribution in [0.2, 0.25) is 0 Å². The molecule has 36 heavy (non-hydrogen) atoms. The third-order valence-corrected chi connectivity index (χ3v) is 7.81. The van der Waals surface area contributed by atoms with Crippen LogP contribution in [0, 0.1) is 0 Å². The van der Waals surface area contributed by atoms with Crippen LogP contribution in [-0.2, 0) is 9.53 Å². The minimum absolute atomic E-state index is 0.0172. The zero-order valence-corrected chi connectivity index (χ0v) is 21.2. The molecule has 3 heterocycles. The van der Waals surface area contributed by atoms with Crippen molar-refractivity contribution >= 4 is 28.8 Å². The lowest BCUT2D eigenvalue weighted by atomic mass is 9.81. The highest BCUT2D eigenvalue weighted by Crippen LogP contribution is 2.44. The third-order valence-electron chi connectivity index (χ3n) is 6.87. The molecule has 2 amide bonds. The van der Waals surface area contributed by atoms with Gasteiger partial charge in [-0.15, -0.1) is 11.3 Å². The zero-order chi connectivity index (χ0) is 24.9. The fourth-order valence-corrected chi connectivity index (χ4v) is 5.98. The van der Waals surface area contributed by atoms with Gasteiger partial charge in [-0.1, -0.05) is 30.3 Å². The summed E-state index contributed by atoms with van der Waals surface area (Å²) in [7, 11) is 1.60. The largest absolute Gasteiger partial charge is 0.497 e. The number of morpholine rings is 1. The molecule has 5 rings (SSSR count). The molecule has 1 N–H and O–H groups in total. The van der Waals surface area contributed by atoms with E-state index in [0.29, 0.717) is 23.5 Å². The van der Waals surface area contributed by atoms with E-state index in [1.165, 1.54) is 0 Å². The molecule has 1 aromatic heterocycles. The van der Waals surface area contributed by atoms with Gasteiger partial charge in [-0.25, -0.2) is 0 Å². The minimum atomic E-state index is -0.535. The number of ether oxygens (including phenoxy) is 2. The van der Waals surface area contributed by atoms with Gasteiger partial charge in [-0.05, 0) is 41.6 Å². The highest BCUT2D eigenvalue weighted by Gasteiger charge is 2.44. The van der Waals surface area contributed by atoms with Crippen LogP contribution >= 0.6 is 11.3 Å². The maximum Gasteiger partial charge on any atom is 0.254 e. The van der Waals surface area contributed by atoms with Crippen LogP contribution < -0.4 is 10.1 Å². The highest BCUT2D eigenvalue weighted by molar-refractivity contribution is 7.10. The van der Waals surface area contributed by atoms with Crippen molar-refractivity contribution in [2.45, 2.75) is 18.4 Å². The van der Waals surface area contributed by atoms with Gasteiger partial charge >= 0.3 is 0 Å². The number of hydrogen-bond donors (Lipinski definition) is 1. The van der Waals surface area contributed by atoms with E-state index >= 15 is 0 Å². The number of nitrogens with zero attached hydrogens (tertiary/aromatic N) is 2. The topological polar surface area (TPSA) is 71.1 Å². The molecule has 2 aliphatic rings. The Morgan fingerprint density at radius 1 is 1.08 bits per heavy atom. The molecule has 188 valence electrons. The molecule has 0 aliphatic carbocycles. The molecular formula is C28H31N3O4S. The first-order valence-corrected chi connectivity index (χ1v) is 13.2. The van der Waals surface area contributed by atoms with Crippen LogP contribution in [0.5, 0.6) is 5.75 Å². The number of amides is 2. The van der Waals surface area contributed by atoms with Gasteiger partial charge in [0.05, 0.1) is 32.3 Å². The van der Waals surface area contributed by atoms with Gasteiger partial charge in [0.2, 0.25) is 5.91 Å². The number of anilines is 1. The van der Waals surface area contributed by atoms with E-state index < -0.39 is 5.92 Å². The Morgan fingerprint density at radius 2 is 1.92 bits per heavy atom. The van der Waals surface area contributed by atoms with E-state index in [9.17, 15) is 9.59 Å². The molecule has 3 aromatic rings. The number of carbonyl (C=O) groups is 2. The van der Waals surface area contributed by atoms with Crippen molar-refractivity contribution in [3.8, 4) is 5.75 Å². The Balaban J connectivity index is 1.46. The van der Waals surface area contributed by atoms with Crippen LogP contribution in [0.4, 0.5) is 5.69 Å². The summed E-state index contributed by atoms with van der Waals surface area (Å²) < 4.78 is 10.8. The number of carbonyl (C=O) groups excluding carboxylic acids is 2. The second-order valence-electron chi connectivity index (χ2n) is 9.05.